The summed E-state index contributed by atoms with van der Waals surface area (Å²) >= 11 is 0. The average molecular weight is 374 g/mol. The smallest absolute Gasteiger partial charge is 0.204 e. The second-order valence-corrected chi connectivity index (χ2v) is 5.53. The standard InChI is InChI=1S/C19H18O8/c1-23-9-5-10(20)16-11(21)7-14(27-13(16)6-9)17-12(24-2)8-15(25-3)19(26-4)18(17)22/h5-8,20,22H,1-4H3. The molecule has 2 N–H and O–H groups in total. The van der Waals surface area contributed by atoms with Gasteiger partial charge in [0.05, 0.1) is 28.4 Å². The van der Waals surface area contributed by atoms with E-state index in [-0.39, 0.29) is 51.0 Å². The minimum absolute atomic E-state index is 0.00140. The zero-order valence-corrected chi connectivity index (χ0v) is 15.2. The molecule has 8 nitrogen and oxygen atoms in total. The molecule has 3 rings (SSSR count). The van der Waals surface area contributed by atoms with E-state index in [1.807, 2.05) is 0 Å². The third kappa shape index (κ3) is 2.95. The summed E-state index contributed by atoms with van der Waals surface area (Å²) in [5, 5.41) is 20.7. The molecular formula is C19H18O8. The average Bonchev–Trinajstić information content (AvgIpc) is 2.65. The maximum atomic E-state index is 12.5. The van der Waals surface area contributed by atoms with Gasteiger partial charge in [-0.1, -0.05) is 0 Å². The fraction of sp³-hybridized carbons (Fsp3) is 0.211. The van der Waals surface area contributed by atoms with Crippen LogP contribution in [-0.2, 0) is 0 Å². The van der Waals surface area contributed by atoms with Gasteiger partial charge in [0.15, 0.2) is 16.9 Å². The lowest BCUT2D eigenvalue weighted by atomic mass is 10.1. The number of methoxy groups -OCH3 is 4. The molecule has 0 radical (unpaired) electrons. The summed E-state index contributed by atoms with van der Waals surface area (Å²) in [5.74, 6) is 0.262. The van der Waals surface area contributed by atoms with Crippen LogP contribution >= 0.6 is 0 Å². The Bertz CT molecular complexity index is 1070. The topological polar surface area (TPSA) is 108 Å². The van der Waals surface area contributed by atoms with Crippen LogP contribution in [-0.4, -0.2) is 38.7 Å². The molecule has 0 aliphatic rings. The first-order chi connectivity index (χ1) is 12.9. The molecular weight excluding hydrogens is 356 g/mol. The van der Waals surface area contributed by atoms with E-state index in [0.717, 1.165) is 6.07 Å². The fourth-order valence-electron chi connectivity index (χ4n) is 2.84. The molecule has 0 aliphatic carbocycles. The van der Waals surface area contributed by atoms with Gasteiger partial charge in [-0.2, -0.15) is 0 Å². The molecule has 0 saturated carbocycles. The number of benzene rings is 2. The molecule has 142 valence electrons. The summed E-state index contributed by atoms with van der Waals surface area (Å²) in [6.07, 6.45) is 0. The Morgan fingerprint density at radius 2 is 1.56 bits per heavy atom. The predicted octanol–water partition coefficient (Wildman–Crippen LogP) is 2.91. The Kier molecular flexibility index (Phi) is 4.72. The molecule has 0 aliphatic heterocycles. The summed E-state index contributed by atoms with van der Waals surface area (Å²) < 4.78 is 26.5. The van der Waals surface area contributed by atoms with Gasteiger partial charge < -0.3 is 33.6 Å². The summed E-state index contributed by atoms with van der Waals surface area (Å²) in [5.41, 5.74) is -0.301. The molecule has 8 heteroatoms. The van der Waals surface area contributed by atoms with E-state index in [1.165, 1.54) is 46.6 Å². The Hall–Kier alpha value is -3.55. The van der Waals surface area contributed by atoms with Gasteiger partial charge in [-0.25, -0.2) is 0 Å². The van der Waals surface area contributed by atoms with E-state index in [0.29, 0.717) is 5.75 Å². The van der Waals surface area contributed by atoms with Gasteiger partial charge in [-0.15, -0.1) is 0 Å². The number of aromatic hydroxyl groups is 2. The summed E-state index contributed by atoms with van der Waals surface area (Å²) in [6.45, 7) is 0. The minimum atomic E-state index is -0.498. The van der Waals surface area contributed by atoms with E-state index in [4.69, 9.17) is 23.4 Å². The van der Waals surface area contributed by atoms with Gasteiger partial charge in [0, 0.05) is 24.3 Å². The maximum absolute atomic E-state index is 12.5. The van der Waals surface area contributed by atoms with Gasteiger partial charge >= 0.3 is 0 Å². The molecule has 1 aromatic heterocycles. The molecule has 3 aromatic rings. The van der Waals surface area contributed by atoms with Crippen molar-refractivity contribution in [1.82, 2.24) is 0 Å². The van der Waals surface area contributed by atoms with Crippen molar-refractivity contribution in [3.05, 3.63) is 34.5 Å². The van der Waals surface area contributed by atoms with Crippen LogP contribution in [0, 0.1) is 0 Å². The van der Waals surface area contributed by atoms with Crippen molar-refractivity contribution in [3.63, 3.8) is 0 Å². The monoisotopic (exact) mass is 374 g/mol. The molecule has 0 saturated heterocycles. The largest absolute Gasteiger partial charge is 0.507 e. The van der Waals surface area contributed by atoms with Gasteiger partial charge in [-0.05, 0) is 0 Å². The van der Waals surface area contributed by atoms with Crippen LogP contribution in [0.25, 0.3) is 22.3 Å². The number of ether oxygens (including phenoxy) is 4. The quantitative estimate of drug-likeness (QED) is 0.702. The van der Waals surface area contributed by atoms with Crippen LogP contribution in [0.3, 0.4) is 0 Å². The highest BCUT2D eigenvalue weighted by molar-refractivity contribution is 5.88. The molecule has 0 atom stereocenters. The first-order valence-corrected chi connectivity index (χ1v) is 7.82. The summed E-state index contributed by atoms with van der Waals surface area (Å²) in [7, 11) is 5.61. The first-order valence-electron chi connectivity index (χ1n) is 7.82. The van der Waals surface area contributed by atoms with E-state index < -0.39 is 5.43 Å². The Morgan fingerprint density at radius 3 is 2.15 bits per heavy atom. The lowest BCUT2D eigenvalue weighted by molar-refractivity contribution is 0.327. The molecule has 1 heterocycles. The first kappa shape index (κ1) is 18.2. The molecule has 0 fully saturated rings. The molecule has 0 bridgehead atoms. The van der Waals surface area contributed by atoms with Gasteiger partial charge in [0.1, 0.15) is 39.5 Å². The van der Waals surface area contributed by atoms with Gasteiger partial charge in [-0.3, -0.25) is 4.79 Å². The van der Waals surface area contributed by atoms with E-state index in [2.05, 4.69) is 0 Å². The zero-order valence-electron chi connectivity index (χ0n) is 15.2. The summed E-state index contributed by atoms with van der Waals surface area (Å²) in [4.78, 5) is 12.5. The molecule has 0 unspecified atom stereocenters. The highest BCUT2D eigenvalue weighted by Gasteiger charge is 2.24. The van der Waals surface area contributed by atoms with Crippen molar-refractivity contribution < 1.29 is 33.6 Å². The van der Waals surface area contributed by atoms with Gasteiger partial charge in [0.25, 0.3) is 0 Å². The number of phenolic OH excluding ortho intramolecular Hbond substituents is 2. The Balaban J connectivity index is 2.37. The number of rotatable bonds is 5. The van der Waals surface area contributed by atoms with E-state index in [9.17, 15) is 15.0 Å². The lowest BCUT2D eigenvalue weighted by Crippen LogP contribution is -2.02. The van der Waals surface area contributed by atoms with Crippen LogP contribution in [0.5, 0.6) is 34.5 Å². The van der Waals surface area contributed by atoms with Crippen molar-refractivity contribution in [2.24, 2.45) is 0 Å². The zero-order chi connectivity index (χ0) is 19.7. The third-order valence-electron chi connectivity index (χ3n) is 4.09. The van der Waals surface area contributed by atoms with Gasteiger partial charge in [0.2, 0.25) is 5.75 Å². The lowest BCUT2D eigenvalue weighted by Gasteiger charge is -2.16. The van der Waals surface area contributed by atoms with E-state index in [1.54, 1.807) is 0 Å². The fourth-order valence-corrected chi connectivity index (χ4v) is 2.84. The SMILES string of the molecule is COc1cc(O)c2c(=O)cc(-c3c(OC)cc(OC)c(OC)c3O)oc2c1. The number of fused-ring (bicyclic) bond motifs is 1. The van der Waals surface area contributed by atoms with E-state index >= 15 is 0 Å². The minimum Gasteiger partial charge on any atom is -0.507 e. The summed E-state index contributed by atoms with van der Waals surface area (Å²) in [6, 6.07) is 5.43. The second-order valence-electron chi connectivity index (χ2n) is 5.53. The predicted molar refractivity (Wildman–Crippen MR) is 97.5 cm³/mol. The highest BCUT2D eigenvalue weighted by atomic mass is 16.5. The van der Waals surface area contributed by atoms with Crippen molar-refractivity contribution in [2.75, 3.05) is 28.4 Å². The van der Waals surface area contributed by atoms with Crippen LogP contribution in [0.2, 0.25) is 0 Å². The Morgan fingerprint density at radius 1 is 0.852 bits per heavy atom. The van der Waals surface area contributed by atoms with Crippen LogP contribution < -0.4 is 24.4 Å². The number of phenols is 2. The molecule has 0 amide bonds. The molecule has 2 aromatic carbocycles. The van der Waals surface area contributed by atoms with Crippen LogP contribution in [0.15, 0.2) is 33.5 Å². The van der Waals surface area contributed by atoms with Crippen LogP contribution in [0.1, 0.15) is 0 Å². The number of hydrogen-bond donors (Lipinski definition) is 2. The van der Waals surface area contributed by atoms with Crippen LogP contribution in [0.4, 0.5) is 0 Å². The third-order valence-corrected chi connectivity index (χ3v) is 4.09. The molecule has 27 heavy (non-hydrogen) atoms. The number of hydrogen-bond acceptors (Lipinski definition) is 8. The van der Waals surface area contributed by atoms with Crippen molar-refractivity contribution in [1.29, 1.82) is 0 Å². The Labute approximate surface area is 154 Å². The highest BCUT2D eigenvalue weighted by Crippen LogP contribution is 2.49. The maximum Gasteiger partial charge on any atom is 0.204 e. The van der Waals surface area contributed by atoms with Crippen molar-refractivity contribution in [2.45, 2.75) is 0 Å². The second kappa shape index (κ2) is 6.99. The van der Waals surface area contributed by atoms with Crippen molar-refractivity contribution >= 4 is 11.0 Å². The van der Waals surface area contributed by atoms with Crippen molar-refractivity contribution in [3.8, 4) is 45.8 Å². The molecule has 0 spiro atoms. The normalized spacial score (nSPS) is 10.7.